The highest BCUT2D eigenvalue weighted by Gasteiger charge is 2.41. The molecule has 1 saturated carbocycles. The SMILES string of the molecule is CC(C)Oc1cccc(C(C)NC2CC3CC=CC32)c1. The van der Waals surface area contributed by atoms with E-state index in [1.54, 1.807) is 0 Å². The van der Waals surface area contributed by atoms with Crippen LogP contribution >= 0.6 is 0 Å². The highest BCUT2D eigenvalue weighted by molar-refractivity contribution is 5.30. The summed E-state index contributed by atoms with van der Waals surface area (Å²) in [6.45, 7) is 6.38. The van der Waals surface area contributed by atoms with Crippen molar-refractivity contribution in [1.29, 1.82) is 0 Å². The lowest BCUT2D eigenvalue weighted by Crippen LogP contribution is -2.48. The van der Waals surface area contributed by atoms with Crippen molar-refractivity contribution in [3.8, 4) is 5.75 Å². The van der Waals surface area contributed by atoms with Crippen LogP contribution in [0.2, 0.25) is 0 Å². The van der Waals surface area contributed by atoms with Gasteiger partial charge in [0.1, 0.15) is 5.75 Å². The van der Waals surface area contributed by atoms with E-state index in [0.717, 1.165) is 17.6 Å². The van der Waals surface area contributed by atoms with E-state index in [0.29, 0.717) is 12.1 Å². The van der Waals surface area contributed by atoms with Crippen molar-refractivity contribution in [3.63, 3.8) is 0 Å². The first-order chi connectivity index (χ1) is 9.63. The summed E-state index contributed by atoms with van der Waals surface area (Å²) in [6, 6.07) is 9.51. The summed E-state index contributed by atoms with van der Waals surface area (Å²) >= 11 is 0. The van der Waals surface area contributed by atoms with Crippen LogP contribution in [-0.4, -0.2) is 12.1 Å². The van der Waals surface area contributed by atoms with Crippen LogP contribution in [0.5, 0.6) is 5.75 Å². The Morgan fingerprint density at radius 3 is 2.85 bits per heavy atom. The van der Waals surface area contributed by atoms with Gasteiger partial charge in [-0.15, -0.1) is 0 Å². The van der Waals surface area contributed by atoms with Crippen molar-refractivity contribution in [2.45, 2.75) is 51.8 Å². The van der Waals surface area contributed by atoms with Gasteiger partial charge in [0, 0.05) is 12.1 Å². The fourth-order valence-electron chi connectivity index (χ4n) is 3.45. The van der Waals surface area contributed by atoms with Crippen LogP contribution in [0.15, 0.2) is 36.4 Å². The first-order valence-electron chi connectivity index (χ1n) is 7.83. The largest absolute Gasteiger partial charge is 0.491 e. The summed E-state index contributed by atoms with van der Waals surface area (Å²) in [5, 5.41) is 3.78. The molecule has 0 saturated heterocycles. The van der Waals surface area contributed by atoms with E-state index in [-0.39, 0.29) is 6.10 Å². The zero-order chi connectivity index (χ0) is 14.1. The predicted octanol–water partition coefficient (Wildman–Crippen LogP) is 4.09. The summed E-state index contributed by atoms with van der Waals surface area (Å²) in [5.41, 5.74) is 1.31. The number of fused-ring (bicyclic) bond motifs is 1. The summed E-state index contributed by atoms with van der Waals surface area (Å²) in [6.07, 6.45) is 7.58. The van der Waals surface area contributed by atoms with Gasteiger partial charge in [0.2, 0.25) is 0 Å². The lowest BCUT2D eigenvalue weighted by Gasteiger charge is -2.42. The molecule has 2 aliphatic carbocycles. The molecule has 0 amide bonds. The first-order valence-corrected chi connectivity index (χ1v) is 7.83. The van der Waals surface area contributed by atoms with Crippen LogP contribution in [0.1, 0.15) is 45.2 Å². The standard InChI is InChI=1S/C18H25NO/c1-12(2)20-16-8-4-6-14(10-16)13(3)19-18-11-15-7-5-9-17(15)18/h4-6,8-10,12-13,15,17-19H,7,11H2,1-3H3. The summed E-state index contributed by atoms with van der Waals surface area (Å²) in [7, 11) is 0. The molecule has 3 rings (SSSR count). The van der Waals surface area contributed by atoms with E-state index < -0.39 is 0 Å². The number of ether oxygens (including phenoxy) is 1. The van der Waals surface area contributed by atoms with Crippen LogP contribution in [0.4, 0.5) is 0 Å². The van der Waals surface area contributed by atoms with Crippen molar-refractivity contribution in [1.82, 2.24) is 5.32 Å². The molecule has 1 aromatic carbocycles. The summed E-state index contributed by atoms with van der Waals surface area (Å²) < 4.78 is 5.78. The Hall–Kier alpha value is -1.28. The maximum atomic E-state index is 5.78. The highest BCUT2D eigenvalue weighted by Crippen LogP contribution is 2.43. The Labute approximate surface area is 122 Å². The van der Waals surface area contributed by atoms with Gasteiger partial charge >= 0.3 is 0 Å². The van der Waals surface area contributed by atoms with Gasteiger partial charge < -0.3 is 10.1 Å². The second-order valence-corrected chi connectivity index (χ2v) is 6.47. The molecule has 0 radical (unpaired) electrons. The third-order valence-corrected chi connectivity index (χ3v) is 4.56. The Bertz CT molecular complexity index is 494. The third-order valence-electron chi connectivity index (χ3n) is 4.56. The van der Waals surface area contributed by atoms with Gasteiger partial charge in [0.15, 0.2) is 0 Å². The minimum atomic E-state index is 0.226. The maximum absolute atomic E-state index is 5.78. The molecule has 1 N–H and O–H groups in total. The zero-order valence-electron chi connectivity index (χ0n) is 12.7. The monoisotopic (exact) mass is 271 g/mol. The van der Waals surface area contributed by atoms with Gasteiger partial charge in [-0.25, -0.2) is 0 Å². The van der Waals surface area contributed by atoms with Crippen LogP contribution in [0.25, 0.3) is 0 Å². The van der Waals surface area contributed by atoms with Crippen LogP contribution in [0.3, 0.4) is 0 Å². The molecule has 4 unspecified atom stereocenters. The Morgan fingerprint density at radius 1 is 1.25 bits per heavy atom. The van der Waals surface area contributed by atoms with Crippen molar-refractivity contribution in [2.24, 2.45) is 11.8 Å². The molecule has 0 aromatic heterocycles. The number of allylic oxidation sites excluding steroid dienone is 1. The molecule has 1 aromatic rings. The van der Waals surface area contributed by atoms with Gasteiger partial charge in [-0.1, -0.05) is 24.3 Å². The lowest BCUT2D eigenvalue weighted by atomic mass is 9.71. The Morgan fingerprint density at radius 2 is 2.10 bits per heavy atom. The molecule has 2 nitrogen and oxygen atoms in total. The van der Waals surface area contributed by atoms with Gasteiger partial charge in [0.25, 0.3) is 0 Å². The van der Waals surface area contributed by atoms with Crippen molar-refractivity contribution in [2.75, 3.05) is 0 Å². The second kappa shape index (κ2) is 5.61. The minimum absolute atomic E-state index is 0.226. The van der Waals surface area contributed by atoms with Crippen LogP contribution < -0.4 is 10.1 Å². The van der Waals surface area contributed by atoms with Gasteiger partial charge in [-0.3, -0.25) is 0 Å². The van der Waals surface area contributed by atoms with Crippen molar-refractivity contribution >= 4 is 0 Å². The molecular weight excluding hydrogens is 246 g/mol. The first kappa shape index (κ1) is 13.7. The Kier molecular flexibility index (Phi) is 3.84. The van der Waals surface area contributed by atoms with E-state index in [1.165, 1.54) is 18.4 Å². The third kappa shape index (κ3) is 2.76. The molecule has 2 aliphatic rings. The number of benzene rings is 1. The van der Waals surface area contributed by atoms with E-state index in [1.807, 2.05) is 6.07 Å². The molecule has 108 valence electrons. The van der Waals surface area contributed by atoms with Crippen LogP contribution in [-0.2, 0) is 0 Å². The van der Waals surface area contributed by atoms with Crippen LogP contribution in [0, 0.1) is 11.8 Å². The minimum Gasteiger partial charge on any atom is -0.491 e. The highest BCUT2D eigenvalue weighted by atomic mass is 16.5. The molecule has 1 fully saturated rings. The van der Waals surface area contributed by atoms with Gasteiger partial charge in [-0.2, -0.15) is 0 Å². The molecule has 0 bridgehead atoms. The fraction of sp³-hybridized carbons (Fsp3) is 0.556. The number of hydrogen-bond acceptors (Lipinski definition) is 2. The van der Waals surface area contributed by atoms with Crippen molar-refractivity contribution in [3.05, 3.63) is 42.0 Å². The predicted molar refractivity (Wildman–Crippen MR) is 82.9 cm³/mol. The molecule has 4 atom stereocenters. The van der Waals surface area contributed by atoms with E-state index in [9.17, 15) is 0 Å². The molecular formula is C18H25NO. The maximum Gasteiger partial charge on any atom is 0.120 e. The molecule has 0 spiro atoms. The van der Waals surface area contributed by atoms with Crippen molar-refractivity contribution < 1.29 is 4.74 Å². The molecule has 20 heavy (non-hydrogen) atoms. The molecule has 2 heteroatoms. The average molecular weight is 271 g/mol. The quantitative estimate of drug-likeness (QED) is 0.814. The van der Waals surface area contributed by atoms with E-state index in [4.69, 9.17) is 4.74 Å². The fourth-order valence-corrected chi connectivity index (χ4v) is 3.45. The van der Waals surface area contributed by atoms with E-state index >= 15 is 0 Å². The smallest absolute Gasteiger partial charge is 0.120 e. The summed E-state index contributed by atoms with van der Waals surface area (Å²) in [5.74, 6) is 2.65. The summed E-state index contributed by atoms with van der Waals surface area (Å²) in [4.78, 5) is 0. The molecule has 0 aliphatic heterocycles. The normalized spacial score (nSPS) is 29.1. The van der Waals surface area contributed by atoms with E-state index in [2.05, 4.69) is 56.4 Å². The van der Waals surface area contributed by atoms with Gasteiger partial charge in [-0.05, 0) is 63.1 Å². The lowest BCUT2D eigenvalue weighted by molar-refractivity contribution is 0.152. The zero-order valence-corrected chi connectivity index (χ0v) is 12.7. The molecule has 0 heterocycles. The number of nitrogens with one attached hydrogen (secondary N) is 1. The number of rotatable bonds is 5. The Balaban J connectivity index is 1.62. The number of hydrogen-bond donors (Lipinski definition) is 1. The van der Waals surface area contributed by atoms with Gasteiger partial charge in [0.05, 0.1) is 6.10 Å². The second-order valence-electron chi connectivity index (χ2n) is 6.47. The average Bonchev–Trinajstić information content (AvgIpc) is 2.76. The topological polar surface area (TPSA) is 21.3 Å².